The number of halogens is 1. The average Bonchev–Trinajstić information content (AvgIpc) is 2.37. The molecular formula is C13H14FN3S. The first-order chi connectivity index (χ1) is 8.69. The van der Waals surface area contributed by atoms with Gasteiger partial charge in [-0.3, -0.25) is 0 Å². The van der Waals surface area contributed by atoms with Gasteiger partial charge in [0.2, 0.25) is 0 Å². The van der Waals surface area contributed by atoms with Crippen molar-refractivity contribution in [1.29, 1.82) is 0 Å². The Morgan fingerprint density at radius 2 is 2.06 bits per heavy atom. The fourth-order valence-corrected chi connectivity index (χ4v) is 2.37. The molecule has 0 spiro atoms. The smallest absolute Gasteiger partial charge is 0.139 e. The van der Waals surface area contributed by atoms with E-state index in [-0.39, 0.29) is 5.82 Å². The van der Waals surface area contributed by atoms with Gasteiger partial charge in [-0.05, 0) is 25.1 Å². The van der Waals surface area contributed by atoms with Gasteiger partial charge in [0.25, 0.3) is 0 Å². The molecular weight excluding hydrogens is 249 g/mol. The molecule has 0 amide bonds. The molecule has 0 radical (unpaired) electrons. The highest BCUT2D eigenvalue weighted by Crippen LogP contribution is 2.24. The minimum absolute atomic E-state index is 0.214. The van der Waals surface area contributed by atoms with Crippen molar-refractivity contribution < 1.29 is 4.39 Å². The van der Waals surface area contributed by atoms with E-state index in [4.69, 9.17) is 5.73 Å². The number of nitrogens with two attached hydrogens (primary N) is 1. The van der Waals surface area contributed by atoms with Gasteiger partial charge in [0, 0.05) is 17.1 Å². The quantitative estimate of drug-likeness (QED) is 0.862. The van der Waals surface area contributed by atoms with Gasteiger partial charge in [0.1, 0.15) is 11.6 Å². The maximum Gasteiger partial charge on any atom is 0.139 e. The lowest BCUT2D eigenvalue weighted by Crippen LogP contribution is -2.05. The molecule has 5 heteroatoms. The van der Waals surface area contributed by atoms with Crippen molar-refractivity contribution in [2.24, 2.45) is 5.73 Å². The lowest BCUT2D eigenvalue weighted by atomic mass is 10.3. The summed E-state index contributed by atoms with van der Waals surface area (Å²) in [4.78, 5) is 9.24. The largest absolute Gasteiger partial charge is 0.325 e. The SMILES string of the molecule is Cc1cc(CN)nc(CSc2ccccc2F)n1. The summed E-state index contributed by atoms with van der Waals surface area (Å²) >= 11 is 1.39. The Kier molecular flexibility index (Phi) is 4.28. The normalized spacial score (nSPS) is 10.6. The highest BCUT2D eigenvalue weighted by molar-refractivity contribution is 7.98. The molecule has 2 N–H and O–H groups in total. The van der Waals surface area contributed by atoms with Crippen molar-refractivity contribution in [3.8, 4) is 0 Å². The van der Waals surface area contributed by atoms with E-state index in [1.807, 2.05) is 19.1 Å². The summed E-state index contributed by atoms with van der Waals surface area (Å²) in [6.07, 6.45) is 0. The van der Waals surface area contributed by atoms with Gasteiger partial charge in [0.15, 0.2) is 0 Å². The zero-order chi connectivity index (χ0) is 13.0. The van der Waals surface area contributed by atoms with E-state index in [2.05, 4.69) is 9.97 Å². The second-order valence-electron chi connectivity index (χ2n) is 3.84. The second kappa shape index (κ2) is 5.93. The maximum atomic E-state index is 13.4. The number of aromatic nitrogens is 2. The summed E-state index contributed by atoms with van der Waals surface area (Å²) in [5, 5.41) is 0. The Balaban J connectivity index is 2.11. The van der Waals surface area contributed by atoms with Crippen LogP contribution < -0.4 is 5.73 Å². The van der Waals surface area contributed by atoms with Gasteiger partial charge in [-0.2, -0.15) is 0 Å². The zero-order valence-electron chi connectivity index (χ0n) is 10.1. The highest BCUT2D eigenvalue weighted by atomic mass is 32.2. The van der Waals surface area contributed by atoms with E-state index >= 15 is 0 Å². The summed E-state index contributed by atoms with van der Waals surface area (Å²) in [6, 6.07) is 8.55. The molecule has 94 valence electrons. The zero-order valence-corrected chi connectivity index (χ0v) is 10.9. The summed E-state index contributed by atoms with van der Waals surface area (Å²) < 4.78 is 13.4. The Morgan fingerprint density at radius 3 is 2.78 bits per heavy atom. The fraction of sp³-hybridized carbons (Fsp3) is 0.231. The molecule has 2 aromatic rings. The first-order valence-electron chi connectivity index (χ1n) is 5.60. The van der Waals surface area contributed by atoms with Crippen LogP contribution in [0.15, 0.2) is 35.2 Å². The van der Waals surface area contributed by atoms with E-state index in [1.165, 1.54) is 17.8 Å². The van der Waals surface area contributed by atoms with E-state index in [9.17, 15) is 4.39 Å². The second-order valence-corrected chi connectivity index (χ2v) is 4.86. The Labute approximate surface area is 110 Å². The molecule has 0 atom stereocenters. The predicted octanol–water partition coefficient (Wildman–Crippen LogP) is 2.68. The number of rotatable bonds is 4. The first kappa shape index (κ1) is 13.0. The van der Waals surface area contributed by atoms with Crippen LogP contribution >= 0.6 is 11.8 Å². The topological polar surface area (TPSA) is 51.8 Å². The molecule has 0 aliphatic heterocycles. The molecule has 1 aromatic carbocycles. The standard InChI is InChI=1S/C13H14FN3S/c1-9-6-10(7-15)17-13(16-9)8-18-12-5-3-2-4-11(12)14/h2-6H,7-8,15H2,1H3. The van der Waals surface area contributed by atoms with Crippen LogP contribution in [0, 0.1) is 12.7 Å². The number of aryl methyl sites for hydroxylation is 1. The van der Waals surface area contributed by atoms with Crippen LogP contribution in [-0.4, -0.2) is 9.97 Å². The third-order valence-corrected chi connectivity index (χ3v) is 3.40. The highest BCUT2D eigenvalue weighted by Gasteiger charge is 2.05. The van der Waals surface area contributed by atoms with Crippen molar-refractivity contribution in [3.63, 3.8) is 0 Å². The molecule has 1 aromatic heterocycles. The Hall–Kier alpha value is -1.46. The van der Waals surface area contributed by atoms with E-state index in [0.29, 0.717) is 23.0 Å². The van der Waals surface area contributed by atoms with Gasteiger partial charge in [-0.1, -0.05) is 12.1 Å². The average molecular weight is 263 g/mol. The number of benzene rings is 1. The number of hydrogen-bond donors (Lipinski definition) is 1. The monoisotopic (exact) mass is 263 g/mol. The third-order valence-electron chi connectivity index (χ3n) is 2.36. The predicted molar refractivity (Wildman–Crippen MR) is 70.6 cm³/mol. The van der Waals surface area contributed by atoms with Crippen LogP contribution in [0.25, 0.3) is 0 Å². The van der Waals surface area contributed by atoms with E-state index in [1.54, 1.807) is 12.1 Å². The molecule has 0 aliphatic rings. The lowest BCUT2D eigenvalue weighted by Gasteiger charge is -2.05. The molecule has 0 saturated heterocycles. The van der Waals surface area contributed by atoms with Crippen molar-refractivity contribution in [3.05, 3.63) is 53.4 Å². The van der Waals surface area contributed by atoms with Gasteiger partial charge in [-0.25, -0.2) is 14.4 Å². The molecule has 3 nitrogen and oxygen atoms in total. The minimum Gasteiger partial charge on any atom is -0.325 e. The molecule has 0 saturated carbocycles. The van der Waals surface area contributed by atoms with Crippen LogP contribution in [0.3, 0.4) is 0 Å². The molecule has 1 heterocycles. The summed E-state index contributed by atoms with van der Waals surface area (Å²) in [6.45, 7) is 2.29. The van der Waals surface area contributed by atoms with Gasteiger partial charge in [-0.15, -0.1) is 11.8 Å². The summed E-state index contributed by atoms with van der Waals surface area (Å²) in [7, 11) is 0. The van der Waals surface area contributed by atoms with Crippen LogP contribution in [0.1, 0.15) is 17.2 Å². The fourth-order valence-electron chi connectivity index (χ4n) is 1.57. The van der Waals surface area contributed by atoms with Crippen LogP contribution in [-0.2, 0) is 12.3 Å². The molecule has 0 aliphatic carbocycles. The Bertz CT molecular complexity index is 546. The van der Waals surface area contributed by atoms with E-state index in [0.717, 1.165) is 11.4 Å². The molecule has 0 unspecified atom stereocenters. The van der Waals surface area contributed by atoms with E-state index < -0.39 is 0 Å². The van der Waals surface area contributed by atoms with Gasteiger partial charge >= 0.3 is 0 Å². The molecule has 2 rings (SSSR count). The van der Waals surface area contributed by atoms with Crippen LogP contribution in [0.4, 0.5) is 4.39 Å². The third kappa shape index (κ3) is 3.27. The summed E-state index contributed by atoms with van der Waals surface area (Å²) in [5.74, 6) is 1.01. The summed E-state index contributed by atoms with van der Waals surface area (Å²) in [5.41, 5.74) is 7.26. The molecule has 0 bridgehead atoms. The van der Waals surface area contributed by atoms with Gasteiger partial charge in [0.05, 0.1) is 11.4 Å². The Morgan fingerprint density at radius 1 is 1.28 bits per heavy atom. The van der Waals surface area contributed by atoms with Gasteiger partial charge < -0.3 is 5.73 Å². The van der Waals surface area contributed by atoms with Crippen molar-refractivity contribution in [1.82, 2.24) is 9.97 Å². The van der Waals surface area contributed by atoms with Crippen LogP contribution in [0.2, 0.25) is 0 Å². The number of thioether (sulfide) groups is 1. The number of nitrogens with zero attached hydrogens (tertiary/aromatic N) is 2. The molecule has 18 heavy (non-hydrogen) atoms. The first-order valence-corrected chi connectivity index (χ1v) is 6.58. The molecule has 0 fully saturated rings. The number of hydrogen-bond acceptors (Lipinski definition) is 4. The lowest BCUT2D eigenvalue weighted by molar-refractivity contribution is 0.602. The van der Waals surface area contributed by atoms with Crippen LogP contribution in [0.5, 0.6) is 0 Å². The minimum atomic E-state index is -0.214. The maximum absolute atomic E-state index is 13.4. The van der Waals surface area contributed by atoms with Crippen molar-refractivity contribution in [2.75, 3.05) is 0 Å². The van der Waals surface area contributed by atoms with Crippen molar-refractivity contribution in [2.45, 2.75) is 24.1 Å². The van der Waals surface area contributed by atoms with Crippen molar-refractivity contribution >= 4 is 11.8 Å².